The Balaban J connectivity index is 0.000000980. The predicted octanol–water partition coefficient (Wildman–Crippen LogP) is 0.646. The van der Waals surface area contributed by atoms with E-state index in [1.54, 1.807) is 0 Å². The number of carbonyl (C=O) groups is 1. The Hall–Kier alpha value is 0.420. The van der Waals surface area contributed by atoms with Crippen molar-refractivity contribution in [2.45, 2.75) is 6.04 Å². The van der Waals surface area contributed by atoms with Crippen molar-refractivity contribution < 1.29 is 4.79 Å². The van der Waals surface area contributed by atoms with E-state index in [9.17, 15) is 4.79 Å². The zero-order chi connectivity index (χ0) is 9.10. The lowest BCUT2D eigenvalue weighted by Crippen LogP contribution is -2.47. The molecule has 2 fully saturated rings. The number of rotatable bonds is 1. The minimum atomic E-state index is 0. The van der Waals surface area contributed by atoms with Crippen LogP contribution in [0.1, 0.15) is 0 Å². The number of nitrogens with one attached hydrogen (secondary N) is 1. The van der Waals surface area contributed by atoms with Gasteiger partial charge < -0.3 is 4.90 Å². The topological polar surface area (TPSA) is 32.3 Å². The zero-order valence-electron chi connectivity index (χ0n) is 7.90. The van der Waals surface area contributed by atoms with Crippen molar-refractivity contribution in [1.29, 1.82) is 0 Å². The third-order valence-corrected chi connectivity index (χ3v) is 4.22. The monoisotopic (exact) mass is 254 g/mol. The van der Waals surface area contributed by atoms with Gasteiger partial charge in [-0.25, -0.2) is 0 Å². The number of hydrogen-bond donors (Lipinski definition) is 1. The molecule has 0 aromatic carbocycles. The summed E-state index contributed by atoms with van der Waals surface area (Å²) in [6.45, 7) is 1.87. The van der Waals surface area contributed by atoms with Crippen molar-refractivity contribution in [3.63, 3.8) is 0 Å². The van der Waals surface area contributed by atoms with E-state index < -0.39 is 0 Å². The second kappa shape index (κ2) is 6.10. The molecule has 2 saturated heterocycles. The third-order valence-electron chi connectivity index (χ3n) is 2.34. The summed E-state index contributed by atoms with van der Waals surface area (Å²) < 4.78 is 0. The third kappa shape index (κ3) is 2.95. The Kier molecular flexibility index (Phi) is 5.44. The molecule has 1 unspecified atom stereocenters. The molecule has 2 heterocycles. The van der Waals surface area contributed by atoms with Gasteiger partial charge in [0.1, 0.15) is 0 Å². The van der Waals surface area contributed by atoms with Crippen LogP contribution in [0.25, 0.3) is 0 Å². The van der Waals surface area contributed by atoms with Crippen LogP contribution >= 0.6 is 35.9 Å². The Labute approximate surface area is 99.2 Å². The summed E-state index contributed by atoms with van der Waals surface area (Å²) >= 11 is 3.75. The highest BCUT2D eigenvalue weighted by Crippen LogP contribution is 2.15. The average Bonchev–Trinajstić information content (AvgIpc) is 2.71. The van der Waals surface area contributed by atoms with E-state index >= 15 is 0 Å². The van der Waals surface area contributed by atoms with E-state index in [0.717, 1.165) is 36.2 Å². The SMILES string of the molecule is Cl.O=C(C1CSCN1)N1CCSCC1. The van der Waals surface area contributed by atoms with E-state index in [0.29, 0.717) is 5.91 Å². The standard InChI is InChI=1S/C8H14N2OS2.ClH/c11-8(7-5-13-6-9-7)10-1-3-12-4-2-10;/h7,9H,1-6H2;1H. The van der Waals surface area contributed by atoms with Gasteiger partial charge in [0.2, 0.25) is 5.91 Å². The average molecular weight is 255 g/mol. The molecule has 82 valence electrons. The lowest BCUT2D eigenvalue weighted by Gasteiger charge is -2.28. The minimum Gasteiger partial charge on any atom is -0.340 e. The summed E-state index contributed by atoms with van der Waals surface area (Å²) in [7, 11) is 0. The van der Waals surface area contributed by atoms with Gasteiger partial charge in [0.25, 0.3) is 0 Å². The molecule has 0 aliphatic carbocycles. The number of nitrogens with zero attached hydrogens (tertiary/aromatic N) is 1. The van der Waals surface area contributed by atoms with Gasteiger partial charge in [-0.15, -0.1) is 24.2 Å². The Morgan fingerprint density at radius 2 is 2.00 bits per heavy atom. The summed E-state index contributed by atoms with van der Waals surface area (Å²) in [6, 6.07) is 0.0908. The van der Waals surface area contributed by atoms with E-state index in [1.807, 2.05) is 28.4 Å². The fourth-order valence-electron chi connectivity index (χ4n) is 1.56. The maximum atomic E-state index is 11.8. The van der Waals surface area contributed by atoms with Gasteiger partial charge in [0, 0.05) is 36.2 Å². The molecule has 0 saturated carbocycles. The molecule has 1 N–H and O–H groups in total. The van der Waals surface area contributed by atoms with Gasteiger partial charge in [-0.05, 0) is 0 Å². The molecule has 1 amide bonds. The lowest BCUT2D eigenvalue weighted by molar-refractivity contribution is -0.132. The normalized spacial score (nSPS) is 27.1. The van der Waals surface area contributed by atoms with E-state index in [2.05, 4.69) is 5.32 Å². The number of hydrogen-bond acceptors (Lipinski definition) is 4. The van der Waals surface area contributed by atoms with Crippen LogP contribution in [-0.2, 0) is 4.79 Å². The Morgan fingerprint density at radius 3 is 2.57 bits per heavy atom. The van der Waals surface area contributed by atoms with Crippen molar-refractivity contribution >= 4 is 41.8 Å². The first-order chi connectivity index (χ1) is 6.38. The minimum absolute atomic E-state index is 0. The zero-order valence-corrected chi connectivity index (χ0v) is 10.3. The van der Waals surface area contributed by atoms with Crippen LogP contribution in [0.4, 0.5) is 0 Å². The first-order valence-electron chi connectivity index (χ1n) is 4.55. The fraction of sp³-hybridized carbons (Fsp3) is 0.875. The van der Waals surface area contributed by atoms with Crippen LogP contribution in [0, 0.1) is 0 Å². The van der Waals surface area contributed by atoms with Gasteiger partial charge in [-0.2, -0.15) is 11.8 Å². The van der Waals surface area contributed by atoms with Gasteiger partial charge in [0.05, 0.1) is 6.04 Å². The van der Waals surface area contributed by atoms with Crippen LogP contribution in [0.5, 0.6) is 0 Å². The second-order valence-corrected chi connectivity index (χ2v) is 5.46. The van der Waals surface area contributed by atoms with Crippen molar-refractivity contribution in [2.75, 3.05) is 36.2 Å². The number of thioether (sulfide) groups is 2. The van der Waals surface area contributed by atoms with Gasteiger partial charge in [-0.1, -0.05) is 0 Å². The quantitative estimate of drug-likeness (QED) is 0.745. The Bertz CT molecular complexity index is 194. The molecular formula is C8H15ClN2OS2. The first kappa shape index (κ1) is 12.5. The summed E-state index contributed by atoms with van der Waals surface area (Å²) in [4.78, 5) is 13.8. The molecule has 2 rings (SSSR count). The first-order valence-corrected chi connectivity index (χ1v) is 6.86. The van der Waals surface area contributed by atoms with Crippen LogP contribution in [-0.4, -0.2) is 53.1 Å². The molecule has 0 spiro atoms. The molecule has 0 bridgehead atoms. The van der Waals surface area contributed by atoms with Gasteiger partial charge in [-0.3, -0.25) is 10.1 Å². The number of amides is 1. The number of carbonyl (C=O) groups excluding carboxylic acids is 1. The smallest absolute Gasteiger partial charge is 0.240 e. The maximum absolute atomic E-state index is 11.8. The predicted molar refractivity (Wildman–Crippen MR) is 65.4 cm³/mol. The van der Waals surface area contributed by atoms with Crippen molar-refractivity contribution in [2.24, 2.45) is 0 Å². The largest absolute Gasteiger partial charge is 0.340 e. The highest BCUT2D eigenvalue weighted by atomic mass is 35.5. The molecule has 0 aromatic heterocycles. The molecule has 0 aromatic rings. The summed E-state index contributed by atoms with van der Waals surface area (Å²) in [5.41, 5.74) is 0. The molecule has 0 radical (unpaired) electrons. The fourth-order valence-corrected chi connectivity index (χ4v) is 3.39. The molecule has 1 atom stereocenters. The van der Waals surface area contributed by atoms with Crippen molar-refractivity contribution in [3.8, 4) is 0 Å². The van der Waals surface area contributed by atoms with Crippen molar-refractivity contribution in [3.05, 3.63) is 0 Å². The van der Waals surface area contributed by atoms with Gasteiger partial charge in [0.15, 0.2) is 0 Å². The summed E-state index contributed by atoms with van der Waals surface area (Å²) in [6.07, 6.45) is 0. The molecule has 3 nitrogen and oxygen atoms in total. The molecule has 2 aliphatic heterocycles. The lowest BCUT2D eigenvalue weighted by atomic mass is 10.3. The van der Waals surface area contributed by atoms with Crippen LogP contribution in [0.3, 0.4) is 0 Å². The number of halogens is 1. The molecular weight excluding hydrogens is 240 g/mol. The van der Waals surface area contributed by atoms with Crippen LogP contribution in [0.2, 0.25) is 0 Å². The summed E-state index contributed by atoms with van der Waals surface area (Å²) in [5.74, 6) is 4.39. The molecule has 14 heavy (non-hydrogen) atoms. The second-order valence-electron chi connectivity index (χ2n) is 3.21. The van der Waals surface area contributed by atoms with E-state index in [1.165, 1.54) is 0 Å². The van der Waals surface area contributed by atoms with E-state index in [4.69, 9.17) is 0 Å². The summed E-state index contributed by atoms with van der Waals surface area (Å²) in [5, 5.41) is 3.22. The Morgan fingerprint density at radius 1 is 1.29 bits per heavy atom. The van der Waals surface area contributed by atoms with Crippen LogP contribution in [0.15, 0.2) is 0 Å². The highest BCUT2D eigenvalue weighted by molar-refractivity contribution is 7.99. The van der Waals surface area contributed by atoms with Crippen molar-refractivity contribution in [1.82, 2.24) is 10.2 Å². The van der Waals surface area contributed by atoms with Gasteiger partial charge >= 0.3 is 0 Å². The van der Waals surface area contributed by atoms with Crippen LogP contribution < -0.4 is 5.32 Å². The molecule has 6 heteroatoms. The maximum Gasteiger partial charge on any atom is 0.240 e. The highest BCUT2D eigenvalue weighted by Gasteiger charge is 2.27. The van der Waals surface area contributed by atoms with E-state index in [-0.39, 0.29) is 18.4 Å². The molecule has 2 aliphatic rings.